The molecule has 1 atom stereocenters. The van der Waals surface area contributed by atoms with Gasteiger partial charge in [-0.05, 0) is 18.1 Å². The van der Waals surface area contributed by atoms with Crippen LogP contribution in [0.5, 0.6) is 0 Å². The van der Waals surface area contributed by atoms with Gasteiger partial charge in [-0.25, -0.2) is 0 Å². The number of fused-ring (bicyclic) bond motifs is 1. The fourth-order valence-corrected chi connectivity index (χ4v) is 3.87. The molecule has 30 heavy (non-hydrogen) atoms. The number of hydrogen-bond acceptors (Lipinski definition) is 4. The monoisotopic (exact) mass is 413 g/mol. The first kappa shape index (κ1) is 21.8. The van der Waals surface area contributed by atoms with Crippen LogP contribution in [0, 0.1) is 0 Å². The van der Waals surface area contributed by atoms with Gasteiger partial charge in [-0.3, -0.25) is 19.3 Å². The van der Waals surface area contributed by atoms with Crippen molar-refractivity contribution in [2.75, 3.05) is 46.8 Å². The van der Waals surface area contributed by atoms with Crippen molar-refractivity contribution >= 4 is 28.6 Å². The zero-order valence-electron chi connectivity index (χ0n) is 18.0. The van der Waals surface area contributed by atoms with Crippen LogP contribution in [-0.2, 0) is 20.8 Å². The topological polar surface area (TPSA) is 88.7 Å². The molecule has 2 N–H and O–H groups in total. The van der Waals surface area contributed by atoms with Crippen LogP contribution < -0.4 is 5.32 Å². The molecular weight excluding hydrogens is 382 g/mol. The molecular formula is C22H31N5O3. The second kappa shape index (κ2) is 9.75. The average Bonchev–Trinajstić information content (AvgIpc) is 2.96. The Kier molecular flexibility index (Phi) is 7.10. The van der Waals surface area contributed by atoms with Gasteiger partial charge in [0.05, 0.1) is 6.54 Å². The Morgan fingerprint density at radius 2 is 1.90 bits per heavy atom. The van der Waals surface area contributed by atoms with Crippen LogP contribution >= 0.6 is 0 Å². The standard InChI is InChI=1S/C22H31N5O3/c1-16(28)24-20(13-17-14-23-19-8-5-4-7-18(17)19)22(30)27-10-6-9-26(11-12-27)15-21(29)25(2)3/h4-5,7-8,14,20,23H,6,9-13,15H2,1-3H3,(H,24,28). The highest BCUT2D eigenvalue weighted by Gasteiger charge is 2.28. The average molecular weight is 414 g/mol. The maximum atomic E-state index is 13.3. The third-order valence-corrected chi connectivity index (χ3v) is 5.53. The van der Waals surface area contributed by atoms with Gasteiger partial charge in [0.2, 0.25) is 17.7 Å². The van der Waals surface area contributed by atoms with Crippen molar-refractivity contribution in [2.24, 2.45) is 0 Å². The molecule has 1 aliphatic rings. The van der Waals surface area contributed by atoms with Crippen molar-refractivity contribution in [1.29, 1.82) is 0 Å². The fraction of sp³-hybridized carbons (Fsp3) is 0.500. The summed E-state index contributed by atoms with van der Waals surface area (Å²) in [5, 5.41) is 3.90. The molecule has 8 nitrogen and oxygen atoms in total. The maximum Gasteiger partial charge on any atom is 0.245 e. The van der Waals surface area contributed by atoms with Crippen LogP contribution in [0.1, 0.15) is 18.9 Å². The van der Waals surface area contributed by atoms with Crippen LogP contribution in [0.25, 0.3) is 10.9 Å². The Balaban J connectivity index is 1.69. The number of benzene rings is 1. The van der Waals surface area contributed by atoms with Crippen LogP contribution in [0.15, 0.2) is 30.5 Å². The van der Waals surface area contributed by atoms with Crippen LogP contribution in [-0.4, -0.2) is 90.3 Å². The number of likely N-dealkylation sites (N-methyl/N-ethyl adjacent to an activating group) is 1. The number of aromatic amines is 1. The van der Waals surface area contributed by atoms with Gasteiger partial charge in [0, 0.05) is 70.7 Å². The molecule has 0 bridgehead atoms. The van der Waals surface area contributed by atoms with E-state index in [1.807, 2.05) is 35.4 Å². The Morgan fingerprint density at radius 1 is 1.13 bits per heavy atom. The predicted octanol–water partition coefficient (Wildman–Crippen LogP) is 0.838. The highest BCUT2D eigenvalue weighted by molar-refractivity contribution is 5.89. The summed E-state index contributed by atoms with van der Waals surface area (Å²) in [4.78, 5) is 45.8. The predicted molar refractivity (Wildman–Crippen MR) is 116 cm³/mol. The van der Waals surface area contributed by atoms with Crippen LogP contribution in [0.3, 0.4) is 0 Å². The van der Waals surface area contributed by atoms with Crippen molar-refractivity contribution in [3.8, 4) is 0 Å². The summed E-state index contributed by atoms with van der Waals surface area (Å²) in [6.07, 6.45) is 3.14. The van der Waals surface area contributed by atoms with Crippen molar-refractivity contribution in [2.45, 2.75) is 25.8 Å². The zero-order chi connectivity index (χ0) is 21.7. The molecule has 1 aromatic carbocycles. The van der Waals surface area contributed by atoms with Crippen LogP contribution in [0.4, 0.5) is 0 Å². The Hall–Kier alpha value is -2.87. The molecule has 2 aromatic rings. The number of rotatable bonds is 6. The van der Waals surface area contributed by atoms with Crippen molar-refractivity contribution in [1.82, 2.24) is 25.0 Å². The molecule has 0 radical (unpaired) electrons. The van der Waals surface area contributed by atoms with Gasteiger partial charge in [0.15, 0.2) is 0 Å². The van der Waals surface area contributed by atoms with E-state index in [4.69, 9.17) is 0 Å². The van der Waals surface area contributed by atoms with Gasteiger partial charge in [0.1, 0.15) is 6.04 Å². The lowest BCUT2D eigenvalue weighted by molar-refractivity contribution is -0.136. The minimum atomic E-state index is -0.614. The number of para-hydroxylation sites is 1. The summed E-state index contributed by atoms with van der Waals surface area (Å²) in [5.74, 6) is -0.234. The van der Waals surface area contributed by atoms with Crippen LogP contribution in [0.2, 0.25) is 0 Å². The quantitative estimate of drug-likeness (QED) is 0.735. The van der Waals surface area contributed by atoms with Crippen molar-refractivity contribution in [3.05, 3.63) is 36.0 Å². The summed E-state index contributed by atoms with van der Waals surface area (Å²) in [7, 11) is 3.50. The lowest BCUT2D eigenvalue weighted by Crippen LogP contribution is -2.50. The first-order valence-corrected chi connectivity index (χ1v) is 10.4. The van der Waals surface area contributed by atoms with E-state index in [1.54, 1.807) is 19.0 Å². The van der Waals surface area contributed by atoms with Gasteiger partial charge < -0.3 is 20.1 Å². The van der Waals surface area contributed by atoms with Gasteiger partial charge in [-0.2, -0.15) is 0 Å². The Morgan fingerprint density at radius 3 is 2.63 bits per heavy atom. The largest absolute Gasteiger partial charge is 0.361 e. The molecule has 1 saturated heterocycles. The molecule has 0 spiro atoms. The Labute approximate surface area is 177 Å². The van der Waals surface area contributed by atoms with E-state index in [9.17, 15) is 14.4 Å². The second-order valence-electron chi connectivity index (χ2n) is 8.06. The van der Waals surface area contributed by atoms with Gasteiger partial charge in [-0.1, -0.05) is 18.2 Å². The number of carbonyl (C=O) groups is 3. The molecule has 1 aliphatic heterocycles. The number of amides is 3. The number of hydrogen-bond donors (Lipinski definition) is 2. The first-order chi connectivity index (χ1) is 14.3. The molecule has 0 aliphatic carbocycles. The van der Waals surface area contributed by atoms with E-state index in [0.29, 0.717) is 32.6 Å². The van der Waals surface area contributed by atoms with Gasteiger partial charge in [-0.15, -0.1) is 0 Å². The molecule has 8 heteroatoms. The van der Waals surface area contributed by atoms with Gasteiger partial charge >= 0.3 is 0 Å². The minimum Gasteiger partial charge on any atom is -0.361 e. The number of carbonyl (C=O) groups excluding carboxylic acids is 3. The van der Waals surface area contributed by atoms with Crippen molar-refractivity contribution in [3.63, 3.8) is 0 Å². The third kappa shape index (κ3) is 5.38. The summed E-state index contributed by atoms with van der Waals surface area (Å²) in [5.41, 5.74) is 2.02. The molecule has 3 rings (SSSR count). The minimum absolute atomic E-state index is 0.0604. The second-order valence-corrected chi connectivity index (χ2v) is 8.06. The molecule has 1 unspecified atom stereocenters. The lowest BCUT2D eigenvalue weighted by atomic mass is 10.0. The fourth-order valence-electron chi connectivity index (χ4n) is 3.87. The molecule has 3 amide bonds. The van der Waals surface area contributed by atoms with E-state index in [1.165, 1.54) is 6.92 Å². The van der Waals surface area contributed by atoms with Crippen molar-refractivity contribution < 1.29 is 14.4 Å². The Bertz CT molecular complexity index is 907. The van der Waals surface area contributed by atoms with E-state index in [0.717, 1.165) is 29.4 Å². The number of nitrogens with one attached hydrogen (secondary N) is 2. The van der Waals surface area contributed by atoms with E-state index < -0.39 is 6.04 Å². The van der Waals surface area contributed by atoms with E-state index in [2.05, 4.69) is 15.2 Å². The smallest absolute Gasteiger partial charge is 0.245 e. The van der Waals surface area contributed by atoms with E-state index >= 15 is 0 Å². The zero-order valence-corrected chi connectivity index (χ0v) is 18.0. The SMILES string of the molecule is CC(=O)NC(Cc1c[nH]c2ccccc12)C(=O)N1CCCN(CC(=O)N(C)C)CC1. The highest BCUT2D eigenvalue weighted by atomic mass is 16.2. The molecule has 2 heterocycles. The summed E-state index contributed by atoms with van der Waals surface area (Å²) in [6, 6.07) is 7.32. The lowest BCUT2D eigenvalue weighted by Gasteiger charge is -2.27. The molecule has 1 fully saturated rings. The molecule has 1 aromatic heterocycles. The van der Waals surface area contributed by atoms with E-state index in [-0.39, 0.29) is 17.7 Å². The molecule has 162 valence electrons. The summed E-state index contributed by atoms with van der Waals surface area (Å²) >= 11 is 0. The van der Waals surface area contributed by atoms with Gasteiger partial charge in [0.25, 0.3) is 0 Å². The first-order valence-electron chi connectivity index (χ1n) is 10.4. The maximum absolute atomic E-state index is 13.3. The highest BCUT2D eigenvalue weighted by Crippen LogP contribution is 2.20. The molecule has 0 saturated carbocycles. The number of H-pyrrole nitrogens is 1. The number of nitrogens with zero attached hydrogens (tertiary/aromatic N) is 3. The summed E-state index contributed by atoms with van der Waals surface area (Å²) in [6.45, 7) is 4.38. The number of aromatic nitrogens is 1. The third-order valence-electron chi connectivity index (χ3n) is 5.53. The summed E-state index contributed by atoms with van der Waals surface area (Å²) < 4.78 is 0. The normalized spacial score (nSPS) is 16.2.